The maximum Gasteiger partial charge on any atom is 0.251 e. The Morgan fingerprint density at radius 2 is 1.90 bits per heavy atom. The van der Waals surface area contributed by atoms with Crippen LogP contribution < -0.4 is 15.8 Å². The molecule has 2 unspecified atom stereocenters. The molecule has 5 heterocycles. The molecule has 206 valence electrons. The molecular formula is C31H38N4O4. The zero-order valence-corrected chi connectivity index (χ0v) is 23.2. The van der Waals surface area contributed by atoms with Gasteiger partial charge in [0.1, 0.15) is 5.75 Å². The Bertz CT molecular complexity index is 1330. The highest BCUT2D eigenvalue weighted by Crippen LogP contribution is 2.40. The zero-order valence-electron chi connectivity index (χ0n) is 23.2. The molecule has 7 rings (SSSR count). The lowest BCUT2D eigenvalue weighted by molar-refractivity contribution is -0.130. The number of nitrogens with one attached hydrogen (secondary N) is 1. The molecule has 6 bridgehead atoms. The van der Waals surface area contributed by atoms with Crippen molar-refractivity contribution in [2.24, 2.45) is 10.7 Å². The van der Waals surface area contributed by atoms with Crippen LogP contribution in [0.5, 0.6) is 5.75 Å². The zero-order chi connectivity index (χ0) is 27.7. The van der Waals surface area contributed by atoms with Gasteiger partial charge in [-0.3, -0.25) is 14.5 Å². The molecule has 39 heavy (non-hydrogen) atoms. The Kier molecular flexibility index (Phi) is 7.49. The molecular weight excluding hydrogens is 492 g/mol. The van der Waals surface area contributed by atoms with E-state index in [1.165, 1.54) is 0 Å². The molecule has 0 spiro atoms. The molecule has 8 nitrogen and oxygen atoms in total. The van der Waals surface area contributed by atoms with Crippen LogP contribution >= 0.6 is 0 Å². The highest BCUT2D eigenvalue weighted by atomic mass is 16.5. The molecule has 3 N–H and O–H groups in total. The van der Waals surface area contributed by atoms with Gasteiger partial charge in [0.25, 0.3) is 5.91 Å². The quantitative estimate of drug-likeness (QED) is 0.499. The van der Waals surface area contributed by atoms with Crippen molar-refractivity contribution in [1.82, 2.24) is 10.2 Å². The number of nitrogens with zero attached hydrogens (tertiary/aromatic N) is 2. The lowest BCUT2D eigenvalue weighted by atomic mass is 9.85. The first-order valence-corrected chi connectivity index (χ1v) is 14.0. The Balaban J connectivity index is 0.00000151. The number of fused-ring (bicyclic) bond motifs is 4. The molecule has 0 aromatic heterocycles. The standard InChI is InChI=1S/C29H32N4O4.C2H6/c1-29(2)22-9-7-17-5-3-4-6-19-15-26(34)33(28(30)31-19)24-11-12-36-25-10-8-18(14-21(24)25)27(35)32-23(16-37-29)20(22)13-17;1-2/h3,5,7-10,13-14,19,23-24H,4,6,11-12,15-16H2,1-2H3,(H2,30,31)(H,32,35);1-2H3/b5-3+;/t19?,23?,24-;/m1./s1. The van der Waals surface area contributed by atoms with Crippen molar-refractivity contribution >= 4 is 23.8 Å². The second-order valence-corrected chi connectivity index (χ2v) is 10.7. The van der Waals surface area contributed by atoms with Crippen LogP contribution in [0.4, 0.5) is 0 Å². The van der Waals surface area contributed by atoms with Gasteiger partial charge in [0.15, 0.2) is 5.96 Å². The monoisotopic (exact) mass is 530 g/mol. The van der Waals surface area contributed by atoms with Crippen LogP contribution in [0.25, 0.3) is 6.08 Å². The fourth-order valence-electron chi connectivity index (χ4n) is 5.86. The van der Waals surface area contributed by atoms with Gasteiger partial charge in [-0.1, -0.05) is 38.1 Å². The second-order valence-electron chi connectivity index (χ2n) is 10.7. The van der Waals surface area contributed by atoms with E-state index >= 15 is 0 Å². The van der Waals surface area contributed by atoms with Crippen molar-refractivity contribution < 1.29 is 19.1 Å². The van der Waals surface area contributed by atoms with Crippen molar-refractivity contribution in [2.45, 2.75) is 77.1 Å². The third-order valence-electron chi connectivity index (χ3n) is 7.82. The number of hydrogen-bond acceptors (Lipinski definition) is 6. The van der Waals surface area contributed by atoms with Crippen LogP contribution in [0, 0.1) is 0 Å². The maximum absolute atomic E-state index is 13.5. The summed E-state index contributed by atoms with van der Waals surface area (Å²) < 4.78 is 12.0. The summed E-state index contributed by atoms with van der Waals surface area (Å²) in [5, 5.41) is 3.18. The summed E-state index contributed by atoms with van der Waals surface area (Å²) in [6, 6.07) is 10.9. The molecule has 0 aliphatic carbocycles. The van der Waals surface area contributed by atoms with Crippen LogP contribution in [0.2, 0.25) is 0 Å². The van der Waals surface area contributed by atoms with Gasteiger partial charge >= 0.3 is 0 Å². The average Bonchev–Trinajstić information content (AvgIpc) is 2.93. The molecule has 0 saturated carbocycles. The van der Waals surface area contributed by atoms with Gasteiger partial charge in [0, 0.05) is 24.0 Å². The van der Waals surface area contributed by atoms with Crippen molar-refractivity contribution in [2.75, 3.05) is 13.2 Å². The van der Waals surface area contributed by atoms with E-state index in [0.717, 1.165) is 35.1 Å². The minimum Gasteiger partial charge on any atom is -0.493 e. The number of amides is 2. The number of aliphatic imine (C=N–C) groups is 1. The minimum absolute atomic E-state index is 0.0440. The van der Waals surface area contributed by atoms with Crippen LogP contribution in [-0.4, -0.2) is 41.9 Å². The molecule has 2 amide bonds. The topological polar surface area (TPSA) is 106 Å². The number of rotatable bonds is 0. The first kappa shape index (κ1) is 26.9. The number of carbonyl (C=O) groups is 2. The SMILES string of the molecule is CC.CC1(C)OCC2NC(=O)c3ccc4c(c3)[C@@H](CCO4)N3C(=O)CC(CC/C=C/c4ccc1c2c4)N=C3N. The highest BCUT2D eigenvalue weighted by molar-refractivity contribution is 5.99. The van der Waals surface area contributed by atoms with E-state index in [1.54, 1.807) is 17.0 Å². The van der Waals surface area contributed by atoms with Crippen LogP contribution in [-0.2, 0) is 15.1 Å². The fraction of sp³-hybridized carbons (Fsp3) is 0.452. The smallest absolute Gasteiger partial charge is 0.251 e. The van der Waals surface area contributed by atoms with Crippen LogP contribution in [0.15, 0.2) is 47.5 Å². The Morgan fingerprint density at radius 1 is 1.08 bits per heavy atom. The normalized spacial score (nSPS) is 26.1. The number of nitrogens with two attached hydrogens (primary N) is 1. The molecule has 0 radical (unpaired) electrons. The number of benzene rings is 2. The van der Waals surface area contributed by atoms with E-state index in [2.05, 4.69) is 54.5 Å². The molecule has 3 atom stereocenters. The molecule has 0 fully saturated rings. The second kappa shape index (κ2) is 10.8. The molecule has 2 aromatic carbocycles. The predicted molar refractivity (Wildman–Crippen MR) is 151 cm³/mol. The largest absolute Gasteiger partial charge is 0.493 e. The molecule has 8 heteroatoms. The molecule has 5 aliphatic heterocycles. The minimum atomic E-state index is -0.440. The summed E-state index contributed by atoms with van der Waals surface area (Å²) in [7, 11) is 0. The third-order valence-corrected chi connectivity index (χ3v) is 7.82. The van der Waals surface area contributed by atoms with Gasteiger partial charge < -0.3 is 20.5 Å². The summed E-state index contributed by atoms with van der Waals surface area (Å²) in [6.07, 6.45) is 6.62. The van der Waals surface area contributed by atoms with E-state index in [0.29, 0.717) is 37.4 Å². The Hall–Kier alpha value is -3.65. The maximum atomic E-state index is 13.5. The number of ether oxygens (including phenoxy) is 2. The predicted octanol–water partition coefficient (Wildman–Crippen LogP) is 5.00. The first-order chi connectivity index (χ1) is 18.8. The lowest BCUT2D eigenvalue weighted by Gasteiger charge is -2.38. The summed E-state index contributed by atoms with van der Waals surface area (Å²) >= 11 is 0. The van der Waals surface area contributed by atoms with Crippen molar-refractivity contribution in [1.29, 1.82) is 0 Å². The number of carbonyl (C=O) groups excluding carboxylic acids is 2. The Labute approximate surface area is 230 Å². The van der Waals surface area contributed by atoms with E-state index < -0.39 is 5.60 Å². The van der Waals surface area contributed by atoms with Crippen LogP contribution in [0.1, 0.15) is 98.1 Å². The summed E-state index contributed by atoms with van der Waals surface area (Å²) in [6.45, 7) is 8.95. The lowest BCUT2D eigenvalue weighted by Crippen LogP contribution is -2.50. The number of guanidine groups is 1. The van der Waals surface area contributed by atoms with E-state index in [-0.39, 0.29) is 35.9 Å². The first-order valence-electron chi connectivity index (χ1n) is 14.0. The molecule has 2 aromatic rings. The van der Waals surface area contributed by atoms with Gasteiger partial charge in [-0.25, -0.2) is 4.99 Å². The highest BCUT2D eigenvalue weighted by Gasteiger charge is 2.38. The van der Waals surface area contributed by atoms with Crippen LogP contribution in [0.3, 0.4) is 0 Å². The van der Waals surface area contributed by atoms with Crippen molar-refractivity contribution in [3.63, 3.8) is 0 Å². The van der Waals surface area contributed by atoms with E-state index in [1.807, 2.05) is 19.9 Å². The average molecular weight is 531 g/mol. The van der Waals surface area contributed by atoms with Crippen molar-refractivity contribution in [3.8, 4) is 5.75 Å². The fourth-order valence-corrected chi connectivity index (χ4v) is 5.86. The van der Waals surface area contributed by atoms with Gasteiger partial charge in [0.2, 0.25) is 5.91 Å². The number of allylic oxidation sites excluding steroid dienone is 1. The molecule has 0 saturated heterocycles. The summed E-state index contributed by atoms with van der Waals surface area (Å²) in [5.41, 5.74) is 10.4. The molecule has 5 aliphatic rings. The van der Waals surface area contributed by atoms with E-state index in [4.69, 9.17) is 15.2 Å². The van der Waals surface area contributed by atoms with Crippen molar-refractivity contribution in [3.05, 3.63) is 70.3 Å². The van der Waals surface area contributed by atoms with Gasteiger partial charge in [-0.2, -0.15) is 0 Å². The van der Waals surface area contributed by atoms with E-state index in [9.17, 15) is 9.59 Å². The Morgan fingerprint density at radius 3 is 2.69 bits per heavy atom. The summed E-state index contributed by atoms with van der Waals surface area (Å²) in [4.78, 5) is 33.0. The van der Waals surface area contributed by atoms with Gasteiger partial charge in [-0.05, 0) is 67.6 Å². The number of hydrogen-bond donors (Lipinski definition) is 2. The van der Waals surface area contributed by atoms with Gasteiger partial charge in [-0.15, -0.1) is 0 Å². The van der Waals surface area contributed by atoms with Gasteiger partial charge in [0.05, 0.1) is 36.9 Å². The summed E-state index contributed by atoms with van der Waals surface area (Å²) in [5.74, 6) is 0.645. The third kappa shape index (κ3) is 5.17.